The number of benzene rings is 1. The van der Waals surface area contributed by atoms with E-state index in [1.54, 1.807) is 11.3 Å². The third kappa shape index (κ3) is 2.59. The van der Waals surface area contributed by atoms with Gasteiger partial charge in [0.1, 0.15) is 10.6 Å². The molecular weight excluding hydrogens is 346 g/mol. The van der Waals surface area contributed by atoms with E-state index in [0.717, 1.165) is 26.2 Å². The van der Waals surface area contributed by atoms with E-state index in [-0.39, 0.29) is 5.28 Å². The zero-order valence-corrected chi connectivity index (χ0v) is 13.1. The van der Waals surface area contributed by atoms with Gasteiger partial charge in [0.15, 0.2) is 0 Å². The second-order valence-electron chi connectivity index (χ2n) is 4.07. The summed E-state index contributed by atoms with van der Waals surface area (Å²) in [6, 6.07) is 8.06. The minimum atomic E-state index is 0.253. The Labute approximate surface area is 127 Å². The molecule has 0 aliphatic carbocycles. The van der Waals surface area contributed by atoms with Gasteiger partial charge < -0.3 is 5.32 Å². The smallest absolute Gasteiger partial charge is 0.225 e. The minimum absolute atomic E-state index is 0.253. The average molecular weight is 355 g/mol. The first kappa shape index (κ1) is 12.8. The van der Waals surface area contributed by atoms with Crippen molar-refractivity contribution in [1.29, 1.82) is 0 Å². The number of nitrogens with zero attached hydrogens (tertiary/aromatic N) is 2. The molecule has 2 aromatic heterocycles. The quantitative estimate of drug-likeness (QED) is 0.646. The van der Waals surface area contributed by atoms with Gasteiger partial charge in [-0.1, -0.05) is 22.0 Å². The molecule has 0 aliphatic rings. The van der Waals surface area contributed by atoms with E-state index in [9.17, 15) is 0 Å². The summed E-state index contributed by atoms with van der Waals surface area (Å²) in [5, 5.41) is 6.49. The van der Waals surface area contributed by atoms with E-state index in [2.05, 4.69) is 31.2 Å². The number of thiophene rings is 1. The van der Waals surface area contributed by atoms with Crippen molar-refractivity contribution in [3.05, 3.63) is 45.0 Å². The van der Waals surface area contributed by atoms with Crippen LogP contribution in [0.3, 0.4) is 0 Å². The number of hydrogen-bond donors (Lipinski definition) is 1. The zero-order chi connectivity index (χ0) is 13.4. The SMILES string of the molecule is Cc1ccc(Nc2nc(Cl)nc3sccc23)cc1Br. The van der Waals surface area contributed by atoms with Crippen LogP contribution in [0.2, 0.25) is 5.28 Å². The molecule has 0 unspecified atom stereocenters. The van der Waals surface area contributed by atoms with Crippen LogP contribution in [0.15, 0.2) is 34.1 Å². The predicted molar refractivity (Wildman–Crippen MR) is 84.6 cm³/mol. The molecule has 96 valence electrons. The molecule has 3 nitrogen and oxygen atoms in total. The predicted octanol–water partition coefficient (Wildman–Crippen LogP) is 5.16. The Morgan fingerprint density at radius 1 is 1.26 bits per heavy atom. The summed E-state index contributed by atoms with van der Waals surface area (Å²) >= 11 is 11.0. The fourth-order valence-electron chi connectivity index (χ4n) is 1.73. The van der Waals surface area contributed by atoms with Crippen LogP contribution in [-0.2, 0) is 0 Å². The normalized spacial score (nSPS) is 10.9. The number of halogens is 2. The number of anilines is 2. The third-order valence-corrected chi connectivity index (χ3v) is 4.56. The fraction of sp³-hybridized carbons (Fsp3) is 0.0769. The van der Waals surface area contributed by atoms with Crippen molar-refractivity contribution in [3.63, 3.8) is 0 Å². The minimum Gasteiger partial charge on any atom is -0.340 e. The van der Waals surface area contributed by atoms with Gasteiger partial charge in [0.2, 0.25) is 5.28 Å². The van der Waals surface area contributed by atoms with Gasteiger partial charge in [0.05, 0.1) is 5.39 Å². The van der Waals surface area contributed by atoms with Crippen LogP contribution in [-0.4, -0.2) is 9.97 Å². The Morgan fingerprint density at radius 3 is 2.89 bits per heavy atom. The Balaban J connectivity index is 2.04. The summed E-state index contributed by atoms with van der Waals surface area (Å²) in [6.07, 6.45) is 0. The van der Waals surface area contributed by atoms with E-state index < -0.39 is 0 Å². The highest BCUT2D eigenvalue weighted by molar-refractivity contribution is 9.10. The van der Waals surface area contributed by atoms with Gasteiger partial charge in [-0.3, -0.25) is 0 Å². The number of nitrogens with one attached hydrogen (secondary N) is 1. The van der Waals surface area contributed by atoms with Crippen LogP contribution >= 0.6 is 38.9 Å². The second kappa shape index (κ2) is 5.07. The molecule has 1 aromatic carbocycles. The molecular formula is C13H9BrClN3S. The average Bonchev–Trinajstić information content (AvgIpc) is 2.82. The largest absolute Gasteiger partial charge is 0.340 e. The molecule has 3 aromatic rings. The van der Waals surface area contributed by atoms with Gasteiger partial charge in [-0.25, -0.2) is 4.98 Å². The van der Waals surface area contributed by atoms with Gasteiger partial charge in [0.25, 0.3) is 0 Å². The monoisotopic (exact) mass is 353 g/mol. The number of aromatic nitrogens is 2. The van der Waals surface area contributed by atoms with Crippen molar-refractivity contribution in [2.45, 2.75) is 6.92 Å². The van der Waals surface area contributed by atoms with Crippen LogP contribution < -0.4 is 5.32 Å². The zero-order valence-electron chi connectivity index (χ0n) is 9.95. The van der Waals surface area contributed by atoms with Crippen LogP contribution in [0.25, 0.3) is 10.2 Å². The van der Waals surface area contributed by atoms with Gasteiger partial charge in [-0.05, 0) is 47.7 Å². The number of aryl methyl sites for hydroxylation is 1. The molecule has 0 saturated carbocycles. The van der Waals surface area contributed by atoms with Crippen molar-refractivity contribution in [2.24, 2.45) is 0 Å². The van der Waals surface area contributed by atoms with Crippen LogP contribution in [0.5, 0.6) is 0 Å². The molecule has 0 saturated heterocycles. The molecule has 3 rings (SSSR count). The Kier molecular flexibility index (Phi) is 3.43. The van der Waals surface area contributed by atoms with Crippen molar-refractivity contribution < 1.29 is 0 Å². The van der Waals surface area contributed by atoms with Crippen LogP contribution in [0.1, 0.15) is 5.56 Å². The van der Waals surface area contributed by atoms with E-state index in [1.807, 2.05) is 36.6 Å². The highest BCUT2D eigenvalue weighted by Gasteiger charge is 2.08. The molecule has 19 heavy (non-hydrogen) atoms. The number of rotatable bonds is 2. The molecule has 0 aliphatic heterocycles. The molecule has 0 bridgehead atoms. The first-order valence-corrected chi connectivity index (χ1v) is 7.62. The Morgan fingerprint density at radius 2 is 2.11 bits per heavy atom. The van der Waals surface area contributed by atoms with Crippen molar-refractivity contribution in [2.75, 3.05) is 5.32 Å². The van der Waals surface area contributed by atoms with Gasteiger partial charge in [-0.15, -0.1) is 11.3 Å². The van der Waals surface area contributed by atoms with E-state index in [1.165, 1.54) is 5.56 Å². The molecule has 0 spiro atoms. The Bertz CT molecular complexity index is 757. The van der Waals surface area contributed by atoms with Crippen LogP contribution in [0, 0.1) is 6.92 Å². The summed E-state index contributed by atoms with van der Waals surface area (Å²) in [5.74, 6) is 0.729. The molecule has 0 fully saturated rings. The summed E-state index contributed by atoms with van der Waals surface area (Å²) in [5.41, 5.74) is 2.15. The topological polar surface area (TPSA) is 37.8 Å². The second-order valence-corrected chi connectivity index (χ2v) is 6.16. The standard InChI is InChI=1S/C13H9BrClN3S/c1-7-2-3-8(6-10(7)14)16-11-9-4-5-19-12(9)18-13(15)17-11/h2-6H,1H3,(H,16,17,18). The van der Waals surface area contributed by atoms with E-state index >= 15 is 0 Å². The maximum Gasteiger partial charge on any atom is 0.225 e. The summed E-state index contributed by atoms with van der Waals surface area (Å²) < 4.78 is 1.05. The molecule has 1 N–H and O–H groups in total. The van der Waals surface area contributed by atoms with Crippen molar-refractivity contribution in [1.82, 2.24) is 9.97 Å². The van der Waals surface area contributed by atoms with Crippen LogP contribution in [0.4, 0.5) is 11.5 Å². The van der Waals surface area contributed by atoms with E-state index in [4.69, 9.17) is 11.6 Å². The first-order chi connectivity index (χ1) is 9.13. The first-order valence-electron chi connectivity index (χ1n) is 5.57. The lowest BCUT2D eigenvalue weighted by atomic mass is 10.2. The number of hydrogen-bond acceptors (Lipinski definition) is 4. The van der Waals surface area contributed by atoms with Gasteiger partial charge >= 0.3 is 0 Å². The van der Waals surface area contributed by atoms with Crippen molar-refractivity contribution in [3.8, 4) is 0 Å². The molecule has 0 amide bonds. The molecule has 0 atom stereocenters. The highest BCUT2D eigenvalue weighted by Crippen LogP contribution is 2.30. The van der Waals surface area contributed by atoms with Crippen molar-refractivity contribution >= 4 is 60.6 Å². The lowest BCUT2D eigenvalue weighted by Gasteiger charge is -2.08. The lowest BCUT2D eigenvalue weighted by molar-refractivity contribution is 1.23. The summed E-state index contributed by atoms with van der Waals surface area (Å²) in [6.45, 7) is 2.05. The maximum atomic E-state index is 5.94. The molecule has 6 heteroatoms. The van der Waals surface area contributed by atoms with E-state index in [0.29, 0.717) is 0 Å². The summed E-state index contributed by atoms with van der Waals surface area (Å²) in [4.78, 5) is 9.33. The molecule has 2 heterocycles. The highest BCUT2D eigenvalue weighted by atomic mass is 79.9. The lowest BCUT2D eigenvalue weighted by Crippen LogP contribution is -1.96. The number of fused-ring (bicyclic) bond motifs is 1. The summed E-state index contributed by atoms with van der Waals surface area (Å²) in [7, 11) is 0. The van der Waals surface area contributed by atoms with Gasteiger partial charge in [-0.2, -0.15) is 4.98 Å². The maximum absolute atomic E-state index is 5.94. The molecule has 0 radical (unpaired) electrons. The van der Waals surface area contributed by atoms with Gasteiger partial charge in [0, 0.05) is 10.2 Å². The fourth-order valence-corrected chi connectivity index (χ4v) is 3.09. The Hall–Kier alpha value is -1.17. The third-order valence-electron chi connectivity index (χ3n) is 2.73.